The Morgan fingerprint density at radius 1 is 0.966 bits per heavy atom. The van der Waals surface area contributed by atoms with Crippen LogP contribution in [-0.4, -0.2) is 19.4 Å². The molecule has 0 aromatic heterocycles. The monoisotopic (exact) mass is 416 g/mol. The molecule has 0 aliphatic heterocycles. The molecule has 2 aromatic rings. The van der Waals surface area contributed by atoms with Gasteiger partial charge < -0.3 is 4.74 Å². The number of hydrogen-bond acceptors (Lipinski definition) is 1. The molecule has 0 bridgehead atoms. The van der Waals surface area contributed by atoms with Crippen molar-refractivity contribution in [3.05, 3.63) is 70.5 Å². The Morgan fingerprint density at radius 3 is 2.07 bits per heavy atom. The van der Waals surface area contributed by atoms with E-state index in [1.54, 1.807) is 12.1 Å². The van der Waals surface area contributed by atoms with Crippen molar-refractivity contribution < 1.29 is 31.1 Å². The number of aryl methyl sites for hydroxylation is 1. The highest BCUT2D eigenvalue weighted by Crippen LogP contribution is 2.31. The fraction of sp³-hybridized carbons (Fsp3) is 0.364. The summed E-state index contributed by atoms with van der Waals surface area (Å²) >= 11 is 0. The topological polar surface area (TPSA) is 9.23 Å². The summed E-state index contributed by atoms with van der Waals surface area (Å²) < 4.78 is 85.8. The molecule has 158 valence electrons. The van der Waals surface area contributed by atoms with Gasteiger partial charge in [-0.1, -0.05) is 49.7 Å². The molecule has 1 atom stereocenters. The average Bonchev–Trinajstić information content (AvgIpc) is 2.69. The quantitative estimate of drug-likeness (QED) is 0.331. The average molecular weight is 416 g/mol. The van der Waals surface area contributed by atoms with Gasteiger partial charge in [0.15, 0.2) is 17.8 Å². The summed E-state index contributed by atoms with van der Waals surface area (Å²) in [6.07, 6.45) is -4.79. The van der Waals surface area contributed by atoms with Gasteiger partial charge in [-0.25, -0.2) is 13.2 Å². The summed E-state index contributed by atoms with van der Waals surface area (Å²) in [7, 11) is 0.871. The fourth-order valence-electron chi connectivity index (χ4n) is 2.83. The molecule has 2 rings (SSSR count). The zero-order valence-electron chi connectivity index (χ0n) is 16.1. The van der Waals surface area contributed by atoms with Gasteiger partial charge in [0, 0.05) is 24.7 Å². The molecule has 2 aromatic carbocycles. The first-order valence-corrected chi connectivity index (χ1v) is 9.20. The first-order valence-electron chi connectivity index (χ1n) is 9.20. The van der Waals surface area contributed by atoms with Crippen LogP contribution >= 0.6 is 0 Å². The van der Waals surface area contributed by atoms with Crippen molar-refractivity contribution in [2.75, 3.05) is 7.11 Å². The lowest BCUT2D eigenvalue weighted by Crippen LogP contribution is -2.32. The Morgan fingerprint density at radius 2 is 1.55 bits per heavy atom. The number of halogens is 6. The van der Waals surface area contributed by atoms with Crippen LogP contribution in [0, 0.1) is 5.82 Å². The van der Waals surface area contributed by atoms with Crippen molar-refractivity contribution in [3.63, 3.8) is 0 Å². The normalized spacial score (nSPS) is 13.9. The van der Waals surface area contributed by atoms with Crippen LogP contribution in [0.25, 0.3) is 11.7 Å². The summed E-state index contributed by atoms with van der Waals surface area (Å²) in [6.45, 7) is 2.05. The van der Waals surface area contributed by atoms with Crippen LogP contribution < -0.4 is 0 Å². The molecule has 0 spiro atoms. The van der Waals surface area contributed by atoms with Crippen molar-refractivity contribution in [3.8, 4) is 0 Å². The predicted octanol–water partition coefficient (Wildman–Crippen LogP) is 7.05. The van der Waals surface area contributed by atoms with Gasteiger partial charge in [0.25, 0.3) is 0 Å². The van der Waals surface area contributed by atoms with Crippen LogP contribution in [0.4, 0.5) is 26.3 Å². The molecule has 0 saturated carbocycles. The maximum atomic E-state index is 14.5. The maximum Gasteiger partial charge on any atom is 0.414 e. The van der Waals surface area contributed by atoms with E-state index in [1.807, 2.05) is 0 Å². The standard InChI is InChI=1S/C22H22F6O/c1-3-4-5-14-6-8-15(9-7-14)20(24)21(25)17-11-10-16(18(23)12-17)13-19(29-2)22(26,27)28/h6-12,19H,3-5,13H2,1-2H3/b21-20-. The smallest absolute Gasteiger partial charge is 0.372 e. The molecule has 29 heavy (non-hydrogen) atoms. The first-order chi connectivity index (χ1) is 13.7. The second kappa shape index (κ2) is 9.96. The number of alkyl halides is 3. The minimum Gasteiger partial charge on any atom is -0.372 e. The molecular weight excluding hydrogens is 394 g/mol. The van der Waals surface area contributed by atoms with E-state index in [2.05, 4.69) is 11.7 Å². The van der Waals surface area contributed by atoms with Gasteiger partial charge >= 0.3 is 6.18 Å². The van der Waals surface area contributed by atoms with Gasteiger partial charge in [0.1, 0.15) is 5.82 Å². The van der Waals surface area contributed by atoms with E-state index in [9.17, 15) is 26.3 Å². The zero-order valence-corrected chi connectivity index (χ0v) is 16.1. The van der Waals surface area contributed by atoms with Gasteiger partial charge in [-0.15, -0.1) is 0 Å². The van der Waals surface area contributed by atoms with Gasteiger partial charge in [0.2, 0.25) is 0 Å². The van der Waals surface area contributed by atoms with Gasteiger partial charge in [-0.2, -0.15) is 13.2 Å². The largest absolute Gasteiger partial charge is 0.414 e. The van der Waals surface area contributed by atoms with E-state index in [4.69, 9.17) is 0 Å². The highest BCUT2D eigenvalue weighted by molar-refractivity contribution is 5.83. The van der Waals surface area contributed by atoms with Gasteiger partial charge in [-0.05, 0) is 30.0 Å². The zero-order chi connectivity index (χ0) is 21.6. The Labute approximate surface area is 166 Å². The molecule has 0 heterocycles. The van der Waals surface area contributed by atoms with Crippen LogP contribution in [0.1, 0.15) is 42.0 Å². The van der Waals surface area contributed by atoms with E-state index >= 15 is 0 Å². The predicted molar refractivity (Wildman–Crippen MR) is 101 cm³/mol. The summed E-state index contributed by atoms with van der Waals surface area (Å²) in [4.78, 5) is 0. The van der Waals surface area contributed by atoms with Gasteiger partial charge in [-0.3, -0.25) is 0 Å². The molecule has 0 radical (unpaired) electrons. The van der Waals surface area contributed by atoms with E-state index in [0.29, 0.717) is 6.07 Å². The molecule has 0 aliphatic carbocycles. The number of benzene rings is 2. The lowest BCUT2D eigenvalue weighted by atomic mass is 10.0. The third-order valence-electron chi connectivity index (χ3n) is 4.58. The third-order valence-corrected chi connectivity index (χ3v) is 4.58. The van der Waals surface area contributed by atoms with E-state index in [0.717, 1.165) is 44.1 Å². The highest BCUT2D eigenvalue weighted by atomic mass is 19.4. The second-order valence-corrected chi connectivity index (χ2v) is 6.70. The number of hydrogen-bond donors (Lipinski definition) is 0. The lowest BCUT2D eigenvalue weighted by Gasteiger charge is -2.19. The molecule has 7 heteroatoms. The van der Waals surface area contributed by atoms with Crippen molar-refractivity contribution in [1.82, 2.24) is 0 Å². The van der Waals surface area contributed by atoms with E-state index < -0.39 is 36.2 Å². The summed E-state index contributed by atoms with van der Waals surface area (Å²) in [6, 6.07) is 9.01. The molecular formula is C22H22F6O. The molecule has 1 unspecified atom stereocenters. The van der Waals surface area contributed by atoms with Crippen LogP contribution in [0.15, 0.2) is 42.5 Å². The fourth-order valence-corrected chi connectivity index (χ4v) is 2.83. The Bertz CT molecular complexity index is 839. The molecule has 0 saturated heterocycles. The second-order valence-electron chi connectivity index (χ2n) is 6.70. The molecule has 1 nitrogen and oxygen atoms in total. The van der Waals surface area contributed by atoms with Crippen LogP contribution in [0.3, 0.4) is 0 Å². The Hall–Kier alpha value is -2.28. The Kier molecular flexibility index (Phi) is 7.90. The number of methoxy groups -OCH3 is 1. The van der Waals surface area contributed by atoms with Crippen molar-refractivity contribution in [2.45, 2.75) is 44.9 Å². The van der Waals surface area contributed by atoms with Crippen LogP contribution in [-0.2, 0) is 17.6 Å². The summed E-state index contributed by atoms with van der Waals surface area (Å²) in [5.41, 5.74) is 0.312. The minimum absolute atomic E-state index is 0.00347. The minimum atomic E-state index is -4.67. The van der Waals surface area contributed by atoms with Gasteiger partial charge in [0.05, 0.1) is 0 Å². The van der Waals surface area contributed by atoms with E-state index in [-0.39, 0.29) is 16.7 Å². The molecule has 0 aliphatic rings. The molecule has 0 fully saturated rings. The Balaban J connectivity index is 2.23. The number of rotatable bonds is 8. The third kappa shape index (κ3) is 6.10. The van der Waals surface area contributed by atoms with Crippen LogP contribution in [0.5, 0.6) is 0 Å². The maximum absolute atomic E-state index is 14.5. The van der Waals surface area contributed by atoms with E-state index in [1.165, 1.54) is 12.1 Å². The van der Waals surface area contributed by atoms with Crippen molar-refractivity contribution in [1.29, 1.82) is 0 Å². The number of ether oxygens (including phenoxy) is 1. The molecule has 0 amide bonds. The summed E-state index contributed by atoms with van der Waals surface area (Å²) in [5.74, 6) is -3.51. The molecule has 0 N–H and O–H groups in total. The SMILES string of the molecule is CCCCc1ccc(/C(F)=C(/F)c2ccc(CC(OC)C(F)(F)F)c(F)c2)cc1. The lowest BCUT2D eigenvalue weighted by molar-refractivity contribution is -0.212. The summed E-state index contributed by atoms with van der Waals surface area (Å²) in [5, 5.41) is 0. The van der Waals surface area contributed by atoms with Crippen LogP contribution in [0.2, 0.25) is 0 Å². The van der Waals surface area contributed by atoms with Crippen molar-refractivity contribution in [2.24, 2.45) is 0 Å². The number of unbranched alkanes of at least 4 members (excludes halogenated alkanes) is 1. The first kappa shape index (κ1) is 23.0. The highest BCUT2D eigenvalue weighted by Gasteiger charge is 2.40. The van der Waals surface area contributed by atoms with Crippen molar-refractivity contribution >= 4 is 11.7 Å².